The first-order valence-electron chi connectivity index (χ1n) is 11.5. The molecule has 3 heterocycles. The molecule has 4 rings (SSSR count). The second kappa shape index (κ2) is 10.6. The lowest BCUT2D eigenvalue weighted by atomic mass is 10.00. The minimum atomic E-state index is -0.553. The zero-order chi connectivity index (χ0) is 20.8. The molecule has 30 heavy (non-hydrogen) atoms. The summed E-state index contributed by atoms with van der Waals surface area (Å²) in [4.78, 5) is 19.4. The Morgan fingerprint density at radius 1 is 1.13 bits per heavy atom. The van der Waals surface area contributed by atoms with Gasteiger partial charge in [-0.25, -0.2) is 4.79 Å². The second-order valence-electron chi connectivity index (χ2n) is 8.84. The van der Waals surface area contributed by atoms with Crippen molar-refractivity contribution in [3.8, 4) is 0 Å². The molecule has 0 saturated carbocycles. The fourth-order valence-electron chi connectivity index (χ4n) is 4.96. The number of piperidine rings is 1. The molecular weight excluding hydrogens is 380 g/mol. The molecule has 2 N–H and O–H groups in total. The number of aliphatic hydroxyl groups excluding tert-OH is 1. The van der Waals surface area contributed by atoms with E-state index in [1.165, 1.54) is 11.1 Å². The molecule has 2 amide bonds. The number of hydrogen-bond acceptors (Lipinski definition) is 5. The normalized spacial score (nSPS) is 24.7. The number of amides is 2. The summed E-state index contributed by atoms with van der Waals surface area (Å²) in [5.41, 5.74) is 2.76. The van der Waals surface area contributed by atoms with Crippen LogP contribution in [0.4, 0.5) is 4.79 Å². The van der Waals surface area contributed by atoms with E-state index in [9.17, 15) is 9.90 Å². The van der Waals surface area contributed by atoms with Crippen LogP contribution in [0.1, 0.15) is 30.4 Å². The number of urea groups is 1. The van der Waals surface area contributed by atoms with E-state index >= 15 is 0 Å². The van der Waals surface area contributed by atoms with Gasteiger partial charge in [-0.2, -0.15) is 0 Å². The number of β-amino-alcohol motifs (C(OH)–C–C–N with tert-alkyl or cyclic N) is 1. The standard InChI is InChI=1S/C23H36N4O3/c28-22(18-25-11-8-19-5-1-2-6-20(19)16-25)15-24-23(29)27-9-3-7-21(17-27)26-10-4-13-30-14-12-26/h1-2,5-6,21-22,28H,3-4,7-18H2,(H,24,29)/t21?,22-/m0/s1. The summed E-state index contributed by atoms with van der Waals surface area (Å²) in [5.74, 6) is 0. The summed E-state index contributed by atoms with van der Waals surface area (Å²) in [5, 5.41) is 13.5. The second-order valence-corrected chi connectivity index (χ2v) is 8.84. The number of fused-ring (bicyclic) bond motifs is 1. The average molecular weight is 417 g/mol. The van der Waals surface area contributed by atoms with Gasteiger partial charge in [0, 0.05) is 65.0 Å². The van der Waals surface area contributed by atoms with E-state index in [0.29, 0.717) is 19.1 Å². The van der Waals surface area contributed by atoms with E-state index < -0.39 is 6.10 Å². The van der Waals surface area contributed by atoms with Gasteiger partial charge < -0.3 is 20.1 Å². The Morgan fingerprint density at radius 2 is 2.00 bits per heavy atom. The maximum Gasteiger partial charge on any atom is 0.317 e. The third kappa shape index (κ3) is 5.72. The summed E-state index contributed by atoms with van der Waals surface area (Å²) < 4.78 is 5.57. The molecule has 2 saturated heterocycles. The number of hydrogen-bond donors (Lipinski definition) is 2. The first kappa shape index (κ1) is 21.6. The summed E-state index contributed by atoms with van der Waals surface area (Å²) in [7, 11) is 0. The van der Waals surface area contributed by atoms with Crippen LogP contribution in [0.25, 0.3) is 0 Å². The Labute approximate surface area is 180 Å². The van der Waals surface area contributed by atoms with Gasteiger partial charge in [0.05, 0.1) is 12.7 Å². The summed E-state index contributed by atoms with van der Waals surface area (Å²) in [6.07, 6.45) is 3.71. The van der Waals surface area contributed by atoms with Gasteiger partial charge >= 0.3 is 6.03 Å². The molecule has 2 atom stereocenters. The van der Waals surface area contributed by atoms with E-state index in [0.717, 1.165) is 78.2 Å². The van der Waals surface area contributed by atoms with Gasteiger partial charge in [-0.3, -0.25) is 9.80 Å². The molecule has 0 radical (unpaired) electrons. The van der Waals surface area contributed by atoms with E-state index in [1.54, 1.807) is 0 Å². The average Bonchev–Trinajstić information content (AvgIpc) is 3.07. The predicted octanol–water partition coefficient (Wildman–Crippen LogP) is 1.30. The largest absolute Gasteiger partial charge is 0.390 e. The number of rotatable bonds is 5. The number of carbonyl (C=O) groups is 1. The van der Waals surface area contributed by atoms with Crippen LogP contribution in [0.5, 0.6) is 0 Å². The number of likely N-dealkylation sites (tertiary alicyclic amines) is 1. The number of ether oxygens (including phenoxy) is 1. The van der Waals surface area contributed by atoms with E-state index in [1.807, 2.05) is 4.90 Å². The van der Waals surface area contributed by atoms with Crippen molar-refractivity contribution in [1.29, 1.82) is 0 Å². The molecule has 2 fully saturated rings. The predicted molar refractivity (Wildman–Crippen MR) is 116 cm³/mol. The van der Waals surface area contributed by atoms with Crippen LogP contribution in [0.2, 0.25) is 0 Å². The Kier molecular flexibility index (Phi) is 7.60. The molecule has 1 aromatic rings. The zero-order valence-electron chi connectivity index (χ0n) is 18.0. The van der Waals surface area contributed by atoms with E-state index in [2.05, 4.69) is 39.4 Å². The van der Waals surface area contributed by atoms with Crippen molar-refractivity contribution in [2.24, 2.45) is 0 Å². The Balaban J connectivity index is 1.20. The van der Waals surface area contributed by atoms with Crippen LogP contribution in [-0.4, -0.2) is 97.0 Å². The fourth-order valence-corrected chi connectivity index (χ4v) is 4.96. The summed E-state index contributed by atoms with van der Waals surface area (Å²) in [6.45, 7) is 7.92. The number of nitrogens with zero attached hydrogens (tertiary/aromatic N) is 3. The molecule has 3 aliphatic heterocycles. The molecule has 1 unspecified atom stereocenters. The molecule has 0 aliphatic carbocycles. The first-order valence-corrected chi connectivity index (χ1v) is 11.5. The molecule has 3 aliphatic rings. The van der Waals surface area contributed by atoms with Crippen LogP contribution in [0, 0.1) is 0 Å². The lowest BCUT2D eigenvalue weighted by Crippen LogP contribution is -2.54. The van der Waals surface area contributed by atoms with Gasteiger partial charge in [0.15, 0.2) is 0 Å². The van der Waals surface area contributed by atoms with Crippen LogP contribution < -0.4 is 5.32 Å². The Hall–Kier alpha value is -1.67. The van der Waals surface area contributed by atoms with Gasteiger partial charge in [0.1, 0.15) is 0 Å². The lowest BCUT2D eigenvalue weighted by molar-refractivity contribution is 0.0897. The molecular formula is C23H36N4O3. The van der Waals surface area contributed by atoms with Crippen molar-refractivity contribution >= 4 is 6.03 Å². The van der Waals surface area contributed by atoms with Crippen molar-refractivity contribution in [2.45, 2.75) is 44.4 Å². The smallest absolute Gasteiger partial charge is 0.317 e. The molecule has 7 heteroatoms. The Bertz CT molecular complexity index is 693. The quantitative estimate of drug-likeness (QED) is 0.757. The Morgan fingerprint density at radius 3 is 2.90 bits per heavy atom. The highest BCUT2D eigenvalue weighted by molar-refractivity contribution is 5.74. The third-order valence-electron chi connectivity index (χ3n) is 6.62. The van der Waals surface area contributed by atoms with Gasteiger partial charge in [-0.1, -0.05) is 24.3 Å². The number of carbonyl (C=O) groups excluding carboxylic acids is 1. The maximum atomic E-state index is 12.7. The monoisotopic (exact) mass is 416 g/mol. The van der Waals surface area contributed by atoms with E-state index in [4.69, 9.17) is 4.74 Å². The first-order chi connectivity index (χ1) is 14.7. The van der Waals surface area contributed by atoms with Crippen molar-refractivity contribution in [3.63, 3.8) is 0 Å². The topological polar surface area (TPSA) is 68.3 Å². The van der Waals surface area contributed by atoms with Crippen LogP contribution in [0.15, 0.2) is 24.3 Å². The molecule has 0 spiro atoms. The highest BCUT2D eigenvalue weighted by atomic mass is 16.5. The molecule has 1 aromatic carbocycles. The molecule has 0 aromatic heterocycles. The fraction of sp³-hybridized carbons (Fsp3) is 0.696. The number of aliphatic hydroxyl groups is 1. The number of benzene rings is 1. The zero-order valence-corrected chi connectivity index (χ0v) is 18.0. The van der Waals surface area contributed by atoms with Gasteiger partial charge in [-0.05, 0) is 36.8 Å². The third-order valence-corrected chi connectivity index (χ3v) is 6.62. The molecule has 0 bridgehead atoms. The molecule has 7 nitrogen and oxygen atoms in total. The molecule has 166 valence electrons. The summed E-state index contributed by atoms with van der Waals surface area (Å²) >= 11 is 0. The van der Waals surface area contributed by atoms with Gasteiger partial charge in [0.25, 0.3) is 0 Å². The SMILES string of the molecule is O=C(NC[C@H](O)CN1CCc2ccccc2C1)N1CCCC(N2CCCOCC2)C1. The van der Waals surface area contributed by atoms with Crippen molar-refractivity contribution in [1.82, 2.24) is 20.0 Å². The van der Waals surface area contributed by atoms with Crippen LogP contribution >= 0.6 is 0 Å². The highest BCUT2D eigenvalue weighted by Gasteiger charge is 2.28. The van der Waals surface area contributed by atoms with Crippen LogP contribution in [-0.2, 0) is 17.7 Å². The van der Waals surface area contributed by atoms with Crippen LogP contribution in [0.3, 0.4) is 0 Å². The minimum absolute atomic E-state index is 0.0474. The van der Waals surface area contributed by atoms with Gasteiger partial charge in [-0.15, -0.1) is 0 Å². The maximum absolute atomic E-state index is 12.7. The van der Waals surface area contributed by atoms with Crippen molar-refractivity contribution in [3.05, 3.63) is 35.4 Å². The van der Waals surface area contributed by atoms with Crippen molar-refractivity contribution < 1.29 is 14.6 Å². The summed E-state index contributed by atoms with van der Waals surface area (Å²) in [6, 6.07) is 8.89. The number of nitrogens with one attached hydrogen (secondary N) is 1. The minimum Gasteiger partial charge on any atom is -0.390 e. The van der Waals surface area contributed by atoms with Crippen molar-refractivity contribution in [2.75, 3.05) is 59.0 Å². The lowest BCUT2D eigenvalue weighted by Gasteiger charge is -2.39. The van der Waals surface area contributed by atoms with Gasteiger partial charge in [0.2, 0.25) is 0 Å². The van der Waals surface area contributed by atoms with E-state index in [-0.39, 0.29) is 6.03 Å². The highest BCUT2D eigenvalue weighted by Crippen LogP contribution is 2.19.